The molecular weight excluding hydrogens is 357 g/mol. The van der Waals surface area contributed by atoms with E-state index < -0.39 is 0 Å². The van der Waals surface area contributed by atoms with Gasteiger partial charge in [-0.25, -0.2) is 0 Å². The predicted octanol–water partition coefficient (Wildman–Crippen LogP) is 4.15. The van der Waals surface area contributed by atoms with E-state index >= 15 is 0 Å². The van der Waals surface area contributed by atoms with Gasteiger partial charge >= 0.3 is 0 Å². The minimum Gasteiger partial charge on any atom is -0.493 e. The molecule has 1 heterocycles. The summed E-state index contributed by atoms with van der Waals surface area (Å²) in [5, 5.41) is 5.85. The summed E-state index contributed by atoms with van der Waals surface area (Å²) in [6, 6.07) is 7.86. The Morgan fingerprint density at radius 1 is 1.26 bits per heavy atom. The van der Waals surface area contributed by atoms with Crippen molar-refractivity contribution in [1.82, 2.24) is 5.32 Å². The molecule has 0 aliphatic heterocycles. The number of hydrogen-bond acceptors (Lipinski definition) is 5. The molecular formula is C16H21Cl2NO3S. The molecule has 0 saturated heterocycles. The van der Waals surface area contributed by atoms with E-state index in [-0.39, 0.29) is 12.4 Å². The van der Waals surface area contributed by atoms with Crippen molar-refractivity contribution >= 4 is 35.3 Å². The molecule has 0 atom stereocenters. The molecule has 23 heavy (non-hydrogen) atoms. The number of methoxy groups -OCH3 is 2. The first-order chi connectivity index (χ1) is 10.7. The molecule has 7 heteroatoms. The zero-order chi connectivity index (χ0) is 15.8. The molecule has 0 saturated carbocycles. The average molecular weight is 378 g/mol. The van der Waals surface area contributed by atoms with E-state index in [1.54, 1.807) is 25.6 Å². The standard InChI is InChI=1S/C16H20ClNO3S.ClH/c1-19-6-5-18-10-12-8-14(17)16(15(9-12)20-2)21-11-13-4-3-7-22-13;/h3-4,7-9,18H,5-6,10-11H2,1-2H3;1H. The lowest BCUT2D eigenvalue weighted by Gasteiger charge is -2.14. The summed E-state index contributed by atoms with van der Waals surface area (Å²) in [7, 11) is 3.30. The Morgan fingerprint density at radius 2 is 2.09 bits per heavy atom. The number of hydrogen-bond donors (Lipinski definition) is 1. The maximum absolute atomic E-state index is 6.34. The molecule has 0 unspecified atom stereocenters. The van der Waals surface area contributed by atoms with E-state index in [2.05, 4.69) is 5.32 Å². The highest BCUT2D eigenvalue weighted by molar-refractivity contribution is 7.09. The molecule has 0 aliphatic carbocycles. The summed E-state index contributed by atoms with van der Waals surface area (Å²) >= 11 is 7.99. The molecule has 1 aromatic carbocycles. The van der Waals surface area contributed by atoms with Crippen molar-refractivity contribution in [3.63, 3.8) is 0 Å². The third-order valence-electron chi connectivity index (χ3n) is 3.04. The van der Waals surface area contributed by atoms with Crippen LogP contribution in [0, 0.1) is 0 Å². The average Bonchev–Trinajstić information content (AvgIpc) is 3.03. The lowest BCUT2D eigenvalue weighted by Crippen LogP contribution is -2.18. The second-order valence-corrected chi connectivity index (χ2v) is 6.09. The Hall–Kier alpha value is -0.980. The van der Waals surface area contributed by atoms with Crippen LogP contribution in [-0.2, 0) is 17.9 Å². The molecule has 2 aromatic rings. The van der Waals surface area contributed by atoms with Crippen LogP contribution in [0.15, 0.2) is 29.6 Å². The normalized spacial score (nSPS) is 10.2. The lowest BCUT2D eigenvalue weighted by atomic mass is 10.2. The molecule has 128 valence electrons. The van der Waals surface area contributed by atoms with Gasteiger partial charge in [-0.3, -0.25) is 0 Å². The summed E-state index contributed by atoms with van der Waals surface area (Å²) in [6.07, 6.45) is 0. The SMILES string of the molecule is COCCNCc1cc(Cl)c(OCc2cccs2)c(OC)c1.Cl. The molecule has 0 aliphatic rings. The van der Waals surface area contributed by atoms with E-state index in [0.29, 0.717) is 36.3 Å². The number of nitrogens with one attached hydrogen (secondary N) is 1. The van der Waals surface area contributed by atoms with Crippen LogP contribution in [0.5, 0.6) is 11.5 Å². The largest absolute Gasteiger partial charge is 0.493 e. The smallest absolute Gasteiger partial charge is 0.180 e. The van der Waals surface area contributed by atoms with Gasteiger partial charge in [0, 0.05) is 25.1 Å². The van der Waals surface area contributed by atoms with Gasteiger partial charge in [-0.15, -0.1) is 23.7 Å². The monoisotopic (exact) mass is 377 g/mol. The zero-order valence-corrected chi connectivity index (χ0v) is 15.5. The lowest BCUT2D eigenvalue weighted by molar-refractivity contribution is 0.199. The van der Waals surface area contributed by atoms with Crippen LogP contribution in [0.1, 0.15) is 10.4 Å². The summed E-state index contributed by atoms with van der Waals surface area (Å²) < 4.78 is 16.2. The Morgan fingerprint density at radius 3 is 2.74 bits per heavy atom. The first-order valence-corrected chi connectivity index (χ1v) is 8.21. The van der Waals surface area contributed by atoms with Gasteiger partial charge in [0.1, 0.15) is 6.61 Å². The quantitative estimate of drug-likeness (QED) is 0.666. The molecule has 0 fully saturated rings. The topological polar surface area (TPSA) is 39.7 Å². The van der Waals surface area contributed by atoms with Crippen molar-refractivity contribution in [3.05, 3.63) is 45.1 Å². The fraction of sp³-hybridized carbons (Fsp3) is 0.375. The fourth-order valence-corrected chi connectivity index (χ4v) is 2.86. The fourth-order valence-electron chi connectivity index (χ4n) is 1.96. The third kappa shape index (κ3) is 6.20. The van der Waals surface area contributed by atoms with Gasteiger partial charge in [-0.05, 0) is 29.1 Å². The summed E-state index contributed by atoms with van der Waals surface area (Å²) in [5.41, 5.74) is 1.04. The summed E-state index contributed by atoms with van der Waals surface area (Å²) in [5.74, 6) is 1.23. The first-order valence-electron chi connectivity index (χ1n) is 6.96. The van der Waals surface area contributed by atoms with E-state index in [9.17, 15) is 0 Å². The Bertz CT molecular complexity index is 579. The van der Waals surface area contributed by atoms with Crippen LogP contribution in [-0.4, -0.2) is 27.4 Å². The van der Waals surface area contributed by atoms with Gasteiger partial charge in [0.2, 0.25) is 0 Å². The van der Waals surface area contributed by atoms with E-state index in [4.69, 9.17) is 25.8 Å². The third-order valence-corrected chi connectivity index (χ3v) is 4.17. The van der Waals surface area contributed by atoms with E-state index in [1.807, 2.05) is 29.6 Å². The number of halogens is 2. The second kappa shape index (κ2) is 10.7. The minimum absolute atomic E-state index is 0. The highest BCUT2D eigenvalue weighted by atomic mass is 35.5. The predicted molar refractivity (Wildman–Crippen MR) is 97.5 cm³/mol. The molecule has 2 rings (SSSR count). The molecule has 0 amide bonds. The zero-order valence-electron chi connectivity index (χ0n) is 13.1. The maximum Gasteiger partial charge on any atom is 0.180 e. The molecule has 0 radical (unpaired) electrons. The molecule has 4 nitrogen and oxygen atoms in total. The maximum atomic E-state index is 6.34. The number of rotatable bonds is 9. The second-order valence-electron chi connectivity index (χ2n) is 4.65. The van der Waals surface area contributed by atoms with Crippen molar-refractivity contribution in [2.24, 2.45) is 0 Å². The van der Waals surface area contributed by atoms with Gasteiger partial charge in [0.25, 0.3) is 0 Å². The van der Waals surface area contributed by atoms with Crippen LogP contribution in [0.2, 0.25) is 5.02 Å². The number of benzene rings is 1. The van der Waals surface area contributed by atoms with Gasteiger partial charge in [0.15, 0.2) is 11.5 Å². The van der Waals surface area contributed by atoms with Crippen molar-refractivity contribution in [1.29, 1.82) is 0 Å². The van der Waals surface area contributed by atoms with Gasteiger partial charge < -0.3 is 19.5 Å². The highest BCUT2D eigenvalue weighted by Gasteiger charge is 2.12. The van der Waals surface area contributed by atoms with Crippen molar-refractivity contribution < 1.29 is 14.2 Å². The first kappa shape index (κ1) is 20.1. The van der Waals surface area contributed by atoms with Crippen LogP contribution in [0.25, 0.3) is 0 Å². The summed E-state index contributed by atoms with van der Waals surface area (Å²) in [4.78, 5) is 1.14. The van der Waals surface area contributed by atoms with Crippen molar-refractivity contribution in [2.45, 2.75) is 13.2 Å². The number of thiophene rings is 1. The number of ether oxygens (including phenoxy) is 3. The van der Waals surface area contributed by atoms with Gasteiger partial charge in [-0.1, -0.05) is 17.7 Å². The highest BCUT2D eigenvalue weighted by Crippen LogP contribution is 2.37. The molecule has 0 spiro atoms. The van der Waals surface area contributed by atoms with Crippen LogP contribution in [0.3, 0.4) is 0 Å². The van der Waals surface area contributed by atoms with Gasteiger partial charge in [-0.2, -0.15) is 0 Å². The molecule has 0 bridgehead atoms. The van der Waals surface area contributed by atoms with Gasteiger partial charge in [0.05, 0.1) is 18.7 Å². The Balaban J connectivity index is 0.00000264. The van der Waals surface area contributed by atoms with Crippen LogP contribution >= 0.6 is 35.3 Å². The molecule has 1 N–H and O–H groups in total. The summed E-state index contributed by atoms with van der Waals surface area (Å²) in [6.45, 7) is 2.64. The van der Waals surface area contributed by atoms with Crippen LogP contribution < -0.4 is 14.8 Å². The Labute approximate surface area is 152 Å². The van der Waals surface area contributed by atoms with E-state index in [1.165, 1.54) is 0 Å². The Kier molecular flexibility index (Phi) is 9.36. The minimum atomic E-state index is 0. The van der Waals surface area contributed by atoms with E-state index in [0.717, 1.165) is 17.0 Å². The van der Waals surface area contributed by atoms with Crippen LogP contribution in [0.4, 0.5) is 0 Å². The van der Waals surface area contributed by atoms with Crippen molar-refractivity contribution in [3.8, 4) is 11.5 Å². The van der Waals surface area contributed by atoms with Crippen molar-refractivity contribution in [2.75, 3.05) is 27.4 Å². The molecule has 1 aromatic heterocycles.